The molecule has 5 aliphatic rings. The average Bonchev–Trinajstić information content (AvgIpc) is 1.00. The minimum absolute atomic E-state index is 0.0959. The first-order chi connectivity index (χ1) is 64.9. The number of rotatable bonds is 14. The molecule has 5 aliphatic heterocycles. The number of hydrogen-bond donors (Lipinski definition) is 5. The Morgan fingerprint density at radius 3 is 1.10 bits per heavy atom. The molecule has 3 atom stereocenters. The second kappa shape index (κ2) is 40.1. The van der Waals surface area contributed by atoms with E-state index in [1.165, 1.54) is 30.3 Å². The van der Waals surface area contributed by atoms with E-state index in [0.717, 1.165) is 173 Å². The fourth-order valence-electron chi connectivity index (χ4n) is 17.3. The summed E-state index contributed by atoms with van der Waals surface area (Å²) in [4.78, 5) is 102. The summed E-state index contributed by atoms with van der Waals surface area (Å²) in [6.45, 7) is 26.2. The molecule has 0 aliphatic carbocycles. The Bertz CT molecular complexity index is 7400. The number of benzene rings is 5. The van der Waals surface area contributed by atoms with Crippen molar-refractivity contribution in [1.29, 1.82) is 0 Å². The van der Waals surface area contributed by atoms with Gasteiger partial charge in [0.2, 0.25) is 0 Å². The molecule has 6 N–H and O–H groups in total. The summed E-state index contributed by atoms with van der Waals surface area (Å²) in [6, 6.07) is 52.6. The van der Waals surface area contributed by atoms with Crippen LogP contribution in [0, 0.1) is 39.3 Å². The van der Waals surface area contributed by atoms with Gasteiger partial charge in [-0.25, -0.2) is 38.7 Å². The lowest BCUT2D eigenvalue weighted by Crippen LogP contribution is -2.49. The molecule has 16 aromatic rings. The molecule has 5 aromatic carbocycles. The van der Waals surface area contributed by atoms with Crippen LogP contribution in [-0.4, -0.2) is 203 Å². The van der Waals surface area contributed by atoms with E-state index >= 15 is 0 Å². The van der Waals surface area contributed by atoms with Crippen molar-refractivity contribution in [3.05, 3.63) is 293 Å². The van der Waals surface area contributed by atoms with Crippen molar-refractivity contribution in [2.24, 2.45) is 5.73 Å². The van der Waals surface area contributed by atoms with Gasteiger partial charge >= 0.3 is 0 Å². The number of aryl methyl sites for hydroxylation is 4. The maximum atomic E-state index is 13.8. The molecule has 0 radical (unpaired) electrons. The smallest absolute Gasteiger partial charge is 0.258 e. The predicted octanol–water partition coefficient (Wildman–Crippen LogP) is 11.4. The average molecular weight is 1810 g/mol. The van der Waals surface area contributed by atoms with Gasteiger partial charge in [-0.3, -0.25) is 46.0 Å². The molecule has 11 aromatic heterocycles. The predicted molar refractivity (Wildman–Crippen MR) is 521 cm³/mol. The molecular weight excluding hydrogens is 1710 g/mol. The van der Waals surface area contributed by atoms with Gasteiger partial charge in [-0.1, -0.05) is 24.3 Å². The molecule has 0 amide bonds. The summed E-state index contributed by atoms with van der Waals surface area (Å²) in [5.41, 5.74) is 23.5. The molecule has 0 unspecified atom stereocenters. The van der Waals surface area contributed by atoms with Gasteiger partial charge < -0.3 is 74.9 Å². The van der Waals surface area contributed by atoms with Gasteiger partial charge in [-0.2, -0.15) is 0 Å². The second-order valence-corrected chi connectivity index (χ2v) is 34.0. The van der Waals surface area contributed by atoms with Crippen LogP contribution in [0.1, 0.15) is 42.8 Å². The van der Waals surface area contributed by atoms with Crippen LogP contribution >= 0.6 is 0 Å². The molecule has 33 heteroatoms. The van der Waals surface area contributed by atoms with E-state index in [2.05, 4.69) is 85.6 Å². The van der Waals surface area contributed by atoms with E-state index < -0.39 is 0 Å². The Morgan fingerprint density at radius 1 is 0.351 bits per heavy atom. The molecule has 31 nitrogen and oxygen atoms in total. The number of halogens is 2. The Balaban J connectivity index is 0.000000117. The zero-order valence-corrected chi connectivity index (χ0v) is 76.5. The quantitative estimate of drug-likeness (QED) is 0.0675. The number of aromatic nitrogens is 11. The Labute approximate surface area is 770 Å². The molecule has 16 heterocycles. The number of nitrogens with two attached hydrogens (primary N) is 1. The molecule has 0 spiro atoms. The van der Waals surface area contributed by atoms with Crippen LogP contribution in [0.3, 0.4) is 0 Å². The fourth-order valence-corrected chi connectivity index (χ4v) is 17.3. The normalized spacial score (nSPS) is 16.2. The number of pyridine rings is 5. The van der Waals surface area contributed by atoms with Gasteiger partial charge in [0.05, 0.1) is 85.3 Å². The highest BCUT2D eigenvalue weighted by Crippen LogP contribution is 2.35. The van der Waals surface area contributed by atoms with Crippen molar-refractivity contribution < 1.29 is 32.1 Å². The van der Waals surface area contributed by atoms with E-state index in [9.17, 15) is 32.8 Å². The number of nitrogens with zero attached hydrogens (tertiary/aromatic N) is 16. The highest BCUT2D eigenvalue weighted by molar-refractivity contribution is 5.80. The maximum Gasteiger partial charge on any atom is 0.258 e. The second-order valence-electron chi connectivity index (χ2n) is 34.0. The lowest BCUT2D eigenvalue weighted by molar-refractivity contribution is 0.355. The monoisotopic (exact) mass is 1810 g/mol. The SMILES string of the molecule is COc1ccc(-c2cc(=O)n3cc(N4CCNCC4)cc(C)c3n2)cc1OC.COc1ccc(-c2cc(=O)n3cc(N4CC[C@H](N)C4)ccc3n2)cc1OC.Cc1ccc(-c2cc(=O)n3cc(N4CCNCC4)ccc3n2)cc1F.Cc1ccc(-c2cc(=O)n3cc(N4CCN[C@@H](C)C4)ccc3n2)cc1F.Cc1nc2cc(-c3cc(=O)n4cc(N5CCN[C@@H](C)C5)ccc4n3)ccc2o1. The fraction of sp³-hybridized carbons (Fsp3) is 0.297. The number of hydrogen-bond acceptors (Lipinski definition) is 26. The van der Waals surface area contributed by atoms with Crippen LogP contribution in [0.5, 0.6) is 23.0 Å². The zero-order chi connectivity index (χ0) is 93.5. The molecule has 0 bridgehead atoms. The topological polar surface area (TPSA) is 325 Å². The van der Waals surface area contributed by atoms with E-state index in [4.69, 9.17) is 39.1 Å². The lowest BCUT2D eigenvalue weighted by Gasteiger charge is -2.33. The highest BCUT2D eigenvalue weighted by Gasteiger charge is 2.25. The molecule has 690 valence electrons. The van der Waals surface area contributed by atoms with Crippen LogP contribution < -0.4 is 98.2 Å². The number of ether oxygens (including phenoxy) is 4. The number of piperazine rings is 4. The summed E-state index contributed by atoms with van der Waals surface area (Å²) in [5.74, 6) is 2.49. The minimum atomic E-state index is -0.298. The van der Waals surface area contributed by atoms with Gasteiger partial charge in [0.25, 0.3) is 27.8 Å². The number of anilines is 5. The van der Waals surface area contributed by atoms with Gasteiger partial charge in [0, 0.05) is 219 Å². The van der Waals surface area contributed by atoms with Crippen molar-refractivity contribution >= 4 is 67.8 Å². The first kappa shape index (κ1) is 91.1. The van der Waals surface area contributed by atoms with E-state index in [-0.39, 0.29) is 45.5 Å². The summed E-state index contributed by atoms with van der Waals surface area (Å²) >= 11 is 0. The van der Waals surface area contributed by atoms with Crippen molar-refractivity contribution in [2.45, 2.75) is 66.1 Å². The number of fused-ring (bicyclic) bond motifs is 6. The van der Waals surface area contributed by atoms with Crippen LogP contribution in [0.4, 0.5) is 37.2 Å². The maximum absolute atomic E-state index is 13.8. The highest BCUT2D eigenvalue weighted by atomic mass is 19.1. The zero-order valence-electron chi connectivity index (χ0n) is 76.5. The minimum Gasteiger partial charge on any atom is -0.493 e. The van der Waals surface area contributed by atoms with E-state index in [1.54, 1.807) is 107 Å². The van der Waals surface area contributed by atoms with Crippen molar-refractivity contribution in [3.63, 3.8) is 0 Å². The van der Waals surface area contributed by atoms with Crippen LogP contribution in [0.25, 0.3) is 95.6 Å². The largest absolute Gasteiger partial charge is 0.493 e. The van der Waals surface area contributed by atoms with Gasteiger partial charge in [-0.05, 0) is 179 Å². The molecule has 5 fully saturated rings. The summed E-state index contributed by atoms with van der Waals surface area (Å²) < 4.78 is 62.4. The third-order valence-corrected chi connectivity index (χ3v) is 24.6. The third kappa shape index (κ3) is 20.3. The summed E-state index contributed by atoms with van der Waals surface area (Å²) in [6.07, 6.45) is 10.2. The Morgan fingerprint density at radius 2 is 0.701 bits per heavy atom. The third-order valence-electron chi connectivity index (χ3n) is 24.6. The van der Waals surface area contributed by atoms with Crippen molar-refractivity contribution in [1.82, 2.24) is 73.2 Å². The standard InChI is InChI=1S/C21H21N5O2.C21H24N4O3.C20H21FN4O.C20H22N4O3.C19H19FN4O/c1-13-11-25(8-7-22-13)16-4-6-20-24-17(10-21(27)26(20)12-16)15-3-5-19-18(9-15)23-14(2)28-19;1-14-10-16(24-8-6-22-7-9-24)13-25-20(26)12-17(23-21(14)25)15-4-5-18(27-2)19(11-15)28-3;1-13-3-4-15(9-17(13)21)18-10-20(26)25-12-16(5-6-19(25)23-18)24-8-7-22-14(2)11-24;1-26-17-5-3-13(9-18(17)27-2)16-10-20(25)24-12-15(4-6-19(24)22-16)23-8-7-14(21)11-23;1-13-2-3-14(10-16(13)20)17-11-19(25)24-12-15(4-5-18(24)22-17)23-8-6-21-7-9-23/h3-6,9-10,12-13,22H,7-8,11H2,1-2H3;4-5,10-13,22H,6-9H2,1-3H3;3-6,9-10,12,14,22H,7-8,11H2,1-2H3;3-6,9-10,12,14H,7-8,11,21H2,1-2H3;2-5,10-12,21H,6-9H2,1H3/t13-;;2*14-;/m0.00./s1. The number of oxazole rings is 1. The lowest BCUT2D eigenvalue weighted by atomic mass is 10.1. The molecule has 134 heavy (non-hydrogen) atoms. The van der Waals surface area contributed by atoms with Gasteiger partial charge in [-0.15, -0.1) is 0 Å². The summed E-state index contributed by atoms with van der Waals surface area (Å²) in [5, 5.41) is 13.5. The molecule has 5 saturated heterocycles. The van der Waals surface area contributed by atoms with Gasteiger partial charge in [0.1, 0.15) is 45.4 Å². The molecule has 0 saturated carbocycles. The summed E-state index contributed by atoms with van der Waals surface area (Å²) in [7, 11) is 6.35. The van der Waals surface area contributed by atoms with Crippen LogP contribution in [0.2, 0.25) is 0 Å². The van der Waals surface area contributed by atoms with E-state index in [1.807, 2.05) is 142 Å². The van der Waals surface area contributed by atoms with Crippen LogP contribution in [-0.2, 0) is 0 Å². The Hall–Kier alpha value is -14.8. The van der Waals surface area contributed by atoms with Crippen LogP contribution in [0.15, 0.2) is 235 Å². The number of nitrogens with one attached hydrogen (secondary N) is 4. The Kier molecular flexibility index (Phi) is 27.3. The number of methoxy groups -OCH3 is 4. The van der Waals surface area contributed by atoms with Crippen molar-refractivity contribution in [3.8, 4) is 79.3 Å². The van der Waals surface area contributed by atoms with Crippen molar-refractivity contribution in [2.75, 3.05) is 158 Å². The molecular formula is C101H107F2N21O10. The first-order valence-corrected chi connectivity index (χ1v) is 44.8. The van der Waals surface area contributed by atoms with Gasteiger partial charge in [0.15, 0.2) is 34.5 Å². The first-order valence-electron chi connectivity index (χ1n) is 44.8. The molecule has 21 rings (SSSR count). The van der Waals surface area contributed by atoms with E-state index in [0.29, 0.717) is 120 Å².